The van der Waals surface area contributed by atoms with E-state index in [0.717, 1.165) is 5.56 Å². The molecule has 0 aliphatic rings. The van der Waals surface area contributed by atoms with Gasteiger partial charge in [0.15, 0.2) is 0 Å². The van der Waals surface area contributed by atoms with Gasteiger partial charge in [-0.3, -0.25) is 4.98 Å². The van der Waals surface area contributed by atoms with Gasteiger partial charge >= 0.3 is 6.03 Å². The predicted octanol–water partition coefficient (Wildman–Crippen LogP) is 4.39. The van der Waals surface area contributed by atoms with Crippen LogP contribution in [0.3, 0.4) is 0 Å². The molecule has 0 bridgehead atoms. The summed E-state index contributed by atoms with van der Waals surface area (Å²) in [6.45, 7) is 4.47. The van der Waals surface area contributed by atoms with E-state index in [2.05, 4.69) is 10.3 Å². The summed E-state index contributed by atoms with van der Waals surface area (Å²) >= 11 is 0. The number of urea groups is 1. The van der Waals surface area contributed by atoms with Crippen LogP contribution in [0.15, 0.2) is 78.0 Å². The van der Waals surface area contributed by atoms with Crippen molar-refractivity contribution in [3.8, 4) is 0 Å². The molecule has 0 unspecified atom stereocenters. The van der Waals surface area contributed by atoms with E-state index in [1.807, 2.05) is 19.9 Å². The molecule has 1 atom stereocenters. The molecule has 1 heterocycles. The normalized spacial score (nSPS) is 12.4. The number of amides is 2. The van der Waals surface area contributed by atoms with Crippen molar-refractivity contribution in [2.24, 2.45) is 5.92 Å². The van der Waals surface area contributed by atoms with Crippen LogP contribution < -0.4 is 11.1 Å². The van der Waals surface area contributed by atoms with Crippen LogP contribution in [0.1, 0.15) is 44.2 Å². The summed E-state index contributed by atoms with van der Waals surface area (Å²) in [5, 5.41) is 13.0. The molecule has 2 amide bonds. The summed E-state index contributed by atoms with van der Waals surface area (Å²) in [6, 6.07) is 15.1. The average molecular weight is 586 g/mol. The minimum Gasteiger partial charge on any atom is -0.399 e. The van der Waals surface area contributed by atoms with Crippen molar-refractivity contribution in [2.75, 3.05) is 25.4 Å². The number of hydrogen-bond acceptors (Lipinski definition) is 6. The summed E-state index contributed by atoms with van der Waals surface area (Å²) in [5.74, 6) is -0.335. The van der Waals surface area contributed by atoms with Crippen molar-refractivity contribution >= 4 is 21.7 Å². The fourth-order valence-electron chi connectivity index (χ4n) is 4.46. The minimum atomic E-state index is -3.85. The first-order chi connectivity index (χ1) is 19.6. The second-order valence-electron chi connectivity index (χ2n) is 10.4. The summed E-state index contributed by atoms with van der Waals surface area (Å²) in [4.78, 5) is 18.8. The topological polar surface area (TPSA) is 129 Å². The van der Waals surface area contributed by atoms with Crippen LogP contribution in [0.5, 0.6) is 0 Å². The lowest BCUT2D eigenvalue weighted by Gasteiger charge is -2.31. The lowest BCUT2D eigenvalue weighted by atomic mass is 10.1. The van der Waals surface area contributed by atoms with Crippen LogP contribution in [0.2, 0.25) is 0 Å². The maximum absolute atomic E-state index is 14.3. The first kappa shape index (κ1) is 32.0. The second-order valence-corrected chi connectivity index (χ2v) is 12.3. The fraction of sp³-hybridized carbons (Fsp3) is 0.400. The molecular formula is C30H40FN5O4S. The maximum atomic E-state index is 14.3. The molecule has 0 fully saturated rings. The van der Waals surface area contributed by atoms with Crippen LogP contribution >= 0.6 is 0 Å². The van der Waals surface area contributed by atoms with Gasteiger partial charge in [0.1, 0.15) is 5.82 Å². The van der Waals surface area contributed by atoms with Gasteiger partial charge in [0.2, 0.25) is 10.0 Å². The minimum absolute atomic E-state index is 0.0483. The SMILES string of the molecule is CC(C)CN([C@H](CO)CCCCNC(=O)N(Cc1cccnc1)Cc1ccccc1F)S(=O)(=O)c1ccc(N)cc1. The zero-order chi connectivity index (χ0) is 29.8. The third kappa shape index (κ3) is 9.51. The highest BCUT2D eigenvalue weighted by atomic mass is 32.2. The second kappa shape index (κ2) is 15.5. The number of anilines is 1. The van der Waals surface area contributed by atoms with E-state index in [1.54, 1.807) is 48.8 Å². The Kier molecular flexibility index (Phi) is 12.1. The zero-order valence-corrected chi connectivity index (χ0v) is 24.4. The molecule has 0 aliphatic heterocycles. The van der Waals surface area contributed by atoms with Gasteiger partial charge in [-0.2, -0.15) is 4.31 Å². The molecule has 222 valence electrons. The molecule has 2 aromatic carbocycles. The predicted molar refractivity (Wildman–Crippen MR) is 158 cm³/mol. The number of benzene rings is 2. The maximum Gasteiger partial charge on any atom is 0.318 e. The number of carbonyl (C=O) groups excluding carboxylic acids is 1. The Morgan fingerprint density at radius 2 is 1.78 bits per heavy atom. The van der Waals surface area contributed by atoms with Crippen LogP contribution in [0, 0.1) is 11.7 Å². The Balaban J connectivity index is 1.60. The van der Waals surface area contributed by atoms with Gasteiger partial charge in [-0.1, -0.05) is 44.5 Å². The van der Waals surface area contributed by atoms with Gasteiger partial charge in [-0.25, -0.2) is 17.6 Å². The Labute approximate surface area is 242 Å². The van der Waals surface area contributed by atoms with Crippen molar-refractivity contribution in [1.82, 2.24) is 19.5 Å². The van der Waals surface area contributed by atoms with Crippen LogP contribution in [-0.4, -0.2) is 59.5 Å². The van der Waals surface area contributed by atoms with Gasteiger partial charge in [-0.05, 0) is 60.7 Å². The number of sulfonamides is 1. The molecule has 3 aromatic rings. The van der Waals surface area contributed by atoms with Crippen molar-refractivity contribution in [3.63, 3.8) is 0 Å². The highest BCUT2D eigenvalue weighted by Crippen LogP contribution is 2.23. The van der Waals surface area contributed by atoms with Crippen LogP contribution in [0.4, 0.5) is 14.9 Å². The molecule has 1 aromatic heterocycles. The number of pyridine rings is 1. The third-order valence-electron chi connectivity index (χ3n) is 6.59. The Hall–Kier alpha value is -3.54. The lowest BCUT2D eigenvalue weighted by molar-refractivity contribution is 0.167. The van der Waals surface area contributed by atoms with Crippen molar-refractivity contribution in [1.29, 1.82) is 0 Å². The van der Waals surface area contributed by atoms with Crippen molar-refractivity contribution in [3.05, 3.63) is 90.0 Å². The van der Waals surface area contributed by atoms with E-state index in [4.69, 9.17) is 5.73 Å². The molecule has 0 radical (unpaired) electrons. The third-order valence-corrected chi connectivity index (χ3v) is 8.53. The number of nitrogen functional groups attached to an aromatic ring is 1. The molecule has 3 rings (SSSR count). The summed E-state index contributed by atoms with van der Waals surface area (Å²) < 4.78 is 42.6. The Morgan fingerprint density at radius 3 is 2.41 bits per heavy atom. The van der Waals surface area contributed by atoms with E-state index in [9.17, 15) is 22.7 Å². The van der Waals surface area contributed by atoms with Crippen LogP contribution in [-0.2, 0) is 23.1 Å². The largest absolute Gasteiger partial charge is 0.399 e. The summed E-state index contributed by atoms with van der Waals surface area (Å²) in [7, 11) is -3.85. The Morgan fingerprint density at radius 1 is 1.05 bits per heavy atom. The van der Waals surface area contributed by atoms with Crippen LogP contribution in [0.25, 0.3) is 0 Å². The standard InChI is InChI=1S/C30H40FN5O4S/c1-23(2)19-36(41(39,40)28-14-12-26(32)13-15-28)27(22-37)10-5-6-17-34-30(38)35(20-24-8-7-16-33-18-24)21-25-9-3-4-11-29(25)31/h3-4,7-9,11-16,18,23,27,37H,5-6,10,17,19-22,32H2,1-2H3,(H,34,38)/t27-/m0/s1. The molecule has 0 aliphatic carbocycles. The molecule has 0 saturated carbocycles. The van der Waals surface area contributed by atoms with Crippen molar-refractivity contribution < 1.29 is 22.7 Å². The molecule has 4 N–H and O–H groups in total. The molecular weight excluding hydrogens is 545 g/mol. The van der Waals surface area contributed by atoms with E-state index in [0.29, 0.717) is 37.1 Å². The molecule has 41 heavy (non-hydrogen) atoms. The average Bonchev–Trinajstić information content (AvgIpc) is 2.95. The van der Waals surface area contributed by atoms with Crippen molar-refractivity contribution in [2.45, 2.75) is 57.1 Å². The highest BCUT2D eigenvalue weighted by Gasteiger charge is 2.31. The van der Waals surface area contributed by atoms with Gasteiger partial charge in [0, 0.05) is 49.3 Å². The number of aliphatic hydroxyl groups is 1. The lowest BCUT2D eigenvalue weighted by Crippen LogP contribution is -2.44. The summed E-state index contributed by atoms with van der Waals surface area (Å²) in [6.07, 6.45) is 4.88. The monoisotopic (exact) mass is 585 g/mol. The number of carbonyl (C=O) groups is 1. The molecule has 9 nitrogen and oxygen atoms in total. The van der Waals surface area contributed by atoms with E-state index >= 15 is 0 Å². The number of hydrogen-bond donors (Lipinski definition) is 3. The van der Waals surface area contributed by atoms with Gasteiger partial charge < -0.3 is 21.1 Å². The highest BCUT2D eigenvalue weighted by molar-refractivity contribution is 7.89. The van der Waals surface area contributed by atoms with Gasteiger partial charge in [-0.15, -0.1) is 0 Å². The van der Waals surface area contributed by atoms with E-state index < -0.39 is 16.1 Å². The number of aliphatic hydroxyl groups excluding tert-OH is 1. The van der Waals surface area contributed by atoms with E-state index in [1.165, 1.54) is 27.4 Å². The number of rotatable bonds is 15. The molecule has 11 heteroatoms. The first-order valence-corrected chi connectivity index (χ1v) is 15.2. The first-order valence-electron chi connectivity index (χ1n) is 13.7. The number of halogens is 1. The summed E-state index contributed by atoms with van der Waals surface area (Å²) in [5.41, 5.74) is 7.42. The van der Waals surface area contributed by atoms with E-state index in [-0.39, 0.29) is 48.9 Å². The number of aromatic nitrogens is 1. The quantitative estimate of drug-likeness (QED) is 0.179. The Bertz CT molecular complexity index is 1340. The number of nitrogens with zero attached hydrogens (tertiary/aromatic N) is 3. The zero-order valence-electron chi connectivity index (χ0n) is 23.6. The number of nitrogens with two attached hydrogens (primary N) is 1. The van der Waals surface area contributed by atoms with Gasteiger partial charge in [0.05, 0.1) is 18.0 Å². The number of nitrogens with one attached hydrogen (secondary N) is 1. The number of unbranched alkanes of at least 4 members (excludes halogenated alkanes) is 1. The molecule has 0 spiro atoms. The molecule has 0 saturated heterocycles. The van der Waals surface area contributed by atoms with Gasteiger partial charge in [0.25, 0.3) is 0 Å². The fourth-order valence-corrected chi connectivity index (χ4v) is 6.27. The smallest absolute Gasteiger partial charge is 0.318 e.